The lowest BCUT2D eigenvalue weighted by atomic mass is 10.3. The molecule has 0 fully saturated rings. The topological polar surface area (TPSA) is 54.0 Å². The second kappa shape index (κ2) is 9.63. The molecule has 0 heterocycles. The molecule has 0 aliphatic rings. The molecular formula is C15H6Cl8O5. The lowest BCUT2D eigenvalue weighted by Crippen LogP contribution is -2.15. The van der Waals surface area contributed by atoms with Gasteiger partial charge < -0.3 is 18.9 Å². The molecule has 0 aliphatic heterocycles. The molecule has 0 aliphatic carbocycles. The Kier molecular flexibility index (Phi) is 8.22. The Morgan fingerprint density at radius 1 is 0.679 bits per heavy atom. The highest BCUT2D eigenvalue weighted by Gasteiger charge is 2.24. The lowest BCUT2D eigenvalue weighted by molar-refractivity contribution is 0.151. The Balaban J connectivity index is 2.02. The smallest absolute Gasteiger partial charge is 0.444 e. The summed E-state index contributed by atoms with van der Waals surface area (Å²) in [5, 5.41) is 0.0701. The molecule has 2 aromatic rings. The number of ether oxygens (including phenoxy) is 4. The molecule has 0 spiro atoms. The highest BCUT2D eigenvalue weighted by atomic mass is 35.6. The van der Waals surface area contributed by atoms with Crippen LogP contribution in [0.4, 0.5) is 4.79 Å². The van der Waals surface area contributed by atoms with Gasteiger partial charge in [-0.1, -0.05) is 23.2 Å². The molecule has 2 aromatic carbocycles. The Hall–Kier alpha value is -0.370. The van der Waals surface area contributed by atoms with E-state index in [1.807, 2.05) is 0 Å². The maximum Gasteiger partial charge on any atom is 0.519 e. The summed E-state index contributed by atoms with van der Waals surface area (Å²) in [5.41, 5.74) is 0. The zero-order valence-corrected chi connectivity index (χ0v) is 19.1. The SMILES string of the molecule is O=C(Oc1ccc(OC(Cl)(Cl)Cl)c(Cl)c1)Oc1ccc(OC(Cl)(Cl)Cl)c(Cl)c1. The van der Waals surface area contributed by atoms with Crippen LogP contribution in [0.2, 0.25) is 10.0 Å². The molecule has 28 heavy (non-hydrogen) atoms. The molecule has 0 radical (unpaired) electrons. The van der Waals surface area contributed by atoms with Gasteiger partial charge in [-0.25, -0.2) is 4.79 Å². The van der Waals surface area contributed by atoms with Gasteiger partial charge in [0.05, 0.1) is 10.0 Å². The summed E-state index contributed by atoms with van der Waals surface area (Å²) in [6.07, 6.45) is -1.07. The van der Waals surface area contributed by atoms with Gasteiger partial charge in [-0.15, -0.1) is 0 Å². The quantitative estimate of drug-likeness (QED) is 0.220. The van der Waals surface area contributed by atoms with Crippen molar-refractivity contribution in [1.82, 2.24) is 0 Å². The molecule has 0 bridgehead atoms. The van der Waals surface area contributed by atoms with E-state index < -0.39 is 14.1 Å². The van der Waals surface area contributed by atoms with Gasteiger partial charge in [0, 0.05) is 12.1 Å². The Bertz CT molecular complexity index is 793. The van der Waals surface area contributed by atoms with Gasteiger partial charge in [0.25, 0.3) is 0 Å². The molecule has 0 amide bonds. The minimum Gasteiger partial charge on any atom is -0.444 e. The standard InChI is InChI=1S/C15H6Cl8O5/c16-9-5-7(1-3-11(9)27-14(18,19)20)25-13(24)26-8-2-4-12(10(17)6-8)28-15(21,22)23/h1-6H. The first-order valence-electron chi connectivity index (χ1n) is 6.83. The van der Waals surface area contributed by atoms with Crippen LogP contribution in [-0.2, 0) is 0 Å². The van der Waals surface area contributed by atoms with Gasteiger partial charge in [-0.05, 0) is 93.9 Å². The first kappa shape index (κ1) is 23.9. The summed E-state index contributed by atoms with van der Waals surface area (Å²) < 4.78 is 16.0. The number of halogens is 8. The maximum atomic E-state index is 11.9. The number of carbonyl (C=O) groups excluding carboxylic acids is 1. The minimum atomic E-state index is -2.00. The monoisotopic (exact) mass is 546 g/mol. The van der Waals surface area contributed by atoms with Crippen molar-refractivity contribution >= 4 is 99.0 Å². The van der Waals surface area contributed by atoms with E-state index in [2.05, 4.69) is 0 Å². The van der Waals surface area contributed by atoms with Gasteiger partial charge >= 0.3 is 14.1 Å². The summed E-state index contributed by atoms with van der Waals surface area (Å²) in [4.78, 5) is 11.9. The van der Waals surface area contributed by atoms with Crippen molar-refractivity contribution in [2.45, 2.75) is 7.96 Å². The van der Waals surface area contributed by atoms with Crippen LogP contribution in [-0.4, -0.2) is 14.1 Å². The van der Waals surface area contributed by atoms with Crippen molar-refractivity contribution in [1.29, 1.82) is 0 Å². The summed E-state index contributed by atoms with van der Waals surface area (Å²) in [7, 11) is 0. The maximum absolute atomic E-state index is 11.9. The van der Waals surface area contributed by atoms with E-state index in [-0.39, 0.29) is 33.0 Å². The molecule has 2 rings (SSSR count). The third-order valence-electron chi connectivity index (χ3n) is 2.66. The number of carbonyl (C=O) groups is 1. The average molecular weight is 550 g/mol. The van der Waals surface area contributed by atoms with E-state index in [0.717, 1.165) is 0 Å². The van der Waals surface area contributed by atoms with Crippen molar-refractivity contribution in [3.8, 4) is 23.0 Å². The number of alkyl halides is 6. The highest BCUT2D eigenvalue weighted by molar-refractivity contribution is 6.67. The van der Waals surface area contributed by atoms with E-state index in [0.29, 0.717) is 0 Å². The number of benzene rings is 2. The zero-order valence-electron chi connectivity index (χ0n) is 13.0. The Morgan fingerprint density at radius 2 is 1.04 bits per heavy atom. The first-order valence-corrected chi connectivity index (χ1v) is 9.85. The summed E-state index contributed by atoms with van der Waals surface area (Å²) in [6, 6.07) is 7.91. The zero-order chi connectivity index (χ0) is 21.1. The van der Waals surface area contributed by atoms with Gasteiger partial charge in [0.15, 0.2) is 0 Å². The molecule has 13 heteroatoms. The lowest BCUT2D eigenvalue weighted by Gasteiger charge is -2.15. The van der Waals surface area contributed by atoms with Crippen LogP contribution >= 0.6 is 92.8 Å². The fraction of sp³-hybridized carbons (Fsp3) is 0.133. The van der Waals surface area contributed by atoms with Crippen LogP contribution in [0.5, 0.6) is 23.0 Å². The highest BCUT2D eigenvalue weighted by Crippen LogP contribution is 2.37. The van der Waals surface area contributed by atoms with Crippen LogP contribution in [0.15, 0.2) is 36.4 Å². The summed E-state index contributed by atoms with van der Waals surface area (Å²) >= 11 is 45.0. The molecule has 5 nitrogen and oxygen atoms in total. The largest absolute Gasteiger partial charge is 0.519 e. The molecule has 0 atom stereocenters. The minimum absolute atomic E-state index is 0.0351. The van der Waals surface area contributed by atoms with Crippen LogP contribution in [0, 0.1) is 0 Å². The molecule has 0 unspecified atom stereocenters. The summed E-state index contributed by atoms with van der Waals surface area (Å²) in [6.45, 7) is 0. The second-order valence-electron chi connectivity index (χ2n) is 4.73. The fourth-order valence-electron chi connectivity index (χ4n) is 1.72. The predicted molar refractivity (Wildman–Crippen MR) is 111 cm³/mol. The fourth-order valence-corrected chi connectivity index (χ4v) is 2.64. The van der Waals surface area contributed by atoms with E-state index >= 15 is 0 Å². The Labute approximate surface area is 199 Å². The molecular weight excluding hydrogens is 544 g/mol. The van der Waals surface area contributed by atoms with E-state index in [4.69, 9.17) is 112 Å². The van der Waals surface area contributed by atoms with E-state index in [1.165, 1.54) is 36.4 Å². The van der Waals surface area contributed by atoms with Crippen molar-refractivity contribution in [3.05, 3.63) is 46.4 Å². The van der Waals surface area contributed by atoms with Crippen molar-refractivity contribution in [3.63, 3.8) is 0 Å². The van der Waals surface area contributed by atoms with Crippen molar-refractivity contribution in [2.75, 3.05) is 0 Å². The number of hydrogen-bond donors (Lipinski definition) is 0. The molecule has 0 N–H and O–H groups in total. The van der Waals surface area contributed by atoms with Gasteiger partial charge in [-0.3, -0.25) is 0 Å². The van der Waals surface area contributed by atoms with Gasteiger partial charge in [0.1, 0.15) is 23.0 Å². The van der Waals surface area contributed by atoms with Gasteiger partial charge in [0.2, 0.25) is 0 Å². The molecule has 0 saturated carbocycles. The van der Waals surface area contributed by atoms with Crippen molar-refractivity contribution in [2.24, 2.45) is 0 Å². The number of hydrogen-bond acceptors (Lipinski definition) is 5. The van der Waals surface area contributed by atoms with Crippen molar-refractivity contribution < 1.29 is 23.7 Å². The predicted octanol–water partition coefficient (Wildman–Crippen LogP) is 7.98. The van der Waals surface area contributed by atoms with Crippen LogP contribution in [0.25, 0.3) is 0 Å². The van der Waals surface area contributed by atoms with Gasteiger partial charge in [-0.2, -0.15) is 0 Å². The molecule has 0 saturated heterocycles. The first-order chi connectivity index (χ1) is 12.8. The molecule has 0 aromatic heterocycles. The molecule has 152 valence electrons. The number of rotatable bonds is 4. The second-order valence-corrected chi connectivity index (χ2v) is 9.90. The van der Waals surface area contributed by atoms with E-state index in [1.54, 1.807) is 0 Å². The van der Waals surface area contributed by atoms with Crippen LogP contribution in [0.3, 0.4) is 0 Å². The average Bonchev–Trinajstić information content (AvgIpc) is 2.50. The van der Waals surface area contributed by atoms with E-state index in [9.17, 15) is 4.79 Å². The third-order valence-corrected chi connectivity index (χ3v) is 3.71. The Morgan fingerprint density at radius 3 is 1.32 bits per heavy atom. The van der Waals surface area contributed by atoms with Crippen LogP contribution < -0.4 is 18.9 Å². The summed E-state index contributed by atoms with van der Waals surface area (Å²) in [5.74, 6) is 0.236. The normalized spacial score (nSPS) is 11.7. The third kappa shape index (κ3) is 8.17. The van der Waals surface area contributed by atoms with Crippen LogP contribution in [0.1, 0.15) is 0 Å².